The number of alkyl carbamates (subject to hydrolysis) is 1. The molecule has 0 aliphatic carbocycles. The van der Waals surface area contributed by atoms with E-state index < -0.39 is 12.1 Å². The molecule has 0 heterocycles. The predicted molar refractivity (Wildman–Crippen MR) is 66.3 cm³/mol. The van der Waals surface area contributed by atoms with Crippen molar-refractivity contribution >= 4 is 12.1 Å². The van der Waals surface area contributed by atoms with Gasteiger partial charge in [-0.05, 0) is 18.8 Å². The van der Waals surface area contributed by atoms with Gasteiger partial charge in [-0.2, -0.15) is 0 Å². The topological polar surface area (TPSA) is 73.9 Å². The number of carbonyl (C=O) groups is 2. The van der Waals surface area contributed by atoms with Gasteiger partial charge in [0.05, 0.1) is 13.2 Å². The molecule has 1 amide bonds. The van der Waals surface area contributed by atoms with Gasteiger partial charge in [-0.3, -0.25) is 4.79 Å². The van der Waals surface area contributed by atoms with E-state index in [0.29, 0.717) is 19.1 Å². The van der Waals surface area contributed by atoms with Crippen molar-refractivity contribution in [3.63, 3.8) is 0 Å². The molecule has 106 valence electrons. The molecule has 0 aliphatic heterocycles. The molecule has 0 fully saturated rings. The second kappa shape index (κ2) is 10.8. The van der Waals surface area contributed by atoms with E-state index in [2.05, 4.69) is 19.2 Å². The zero-order valence-corrected chi connectivity index (χ0v) is 11.4. The fourth-order valence-electron chi connectivity index (χ4n) is 1.14. The second-order valence-electron chi connectivity index (χ2n) is 4.24. The maximum Gasteiger partial charge on any atom is 0.407 e. The average molecular weight is 261 g/mol. The monoisotopic (exact) mass is 261 g/mol. The number of carbonyl (C=O) groups excluding carboxylic acids is 2. The van der Waals surface area contributed by atoms with Crippen molar-refractivity contribution in [1.29, 1.82) is 0 Å². The van der Waals surface area contributed by atoms with E-state index in [1.165, 1.54) is 7.11 Å². The minimum absolute atomic E-state index is 0.159. The normalized spacial score (nSPS) is 10.2. The van der Waals surface area contributed by atoms with Gasteiger partial charge in [-0.25, -0.2) is 4.79 Å². The molecule has 0 unspecified atom stereocenters. The lowest BCUT2D eigenvalue weighted by molar-refractivity contribution is -0.142. The highest BCUT2D eigenvalue weighted by molar-refractivity contribution is 5.77. The summed E-state index contributed by atoms with van der Waals surface area (Å²) in [7, 11) is 1.51. The van der Waals surface area contributed by atoms with Crippen molar-refractivity contribution < 1.29 is 23.8 Å². The third-order valence-electron chi connectivity index (χ3n) is 2.09. The highest BCUT2D eigenvalue weighted by atomic mass is 16.6. The van der Waals surface area contributed by atoms with E-state index in [1.807, 2.05) is 0 Å². The molecule has 0 saturated carbocycles. The van der Waals surface area contributed by atoms with Gasteiger partial charge in [0.2, 0.25) is 0 Å². The molecule has 0 atom stereocenters. The van der Waals surface area contributed by atoms with Gasteiger partial charge in [0.25, 0.3) is 0 Å². The van der Waals surface area contributed by atoms with E-state index in [9.17, 15) is 9.59 Å². The van der Waals surface area contributed by atoms with E-state index >= 15 is 0 Å². The summed E-state index contributed by atoms with van der Waals surface area (Å²) in [6.45, 7) is 4.92. The third-order valence-corrected chi connectivity index (χ3v) is 2.09. The number of rotatable bonds is 9. The number of nitrogens with one attached hydrogen (secondary N) is 1. The van der Waals surface area contributed by atoms with E-state index in [1.54, 1.807) is 0 Å². The first-order valence-electron chi connectivity index (χ1n) is 6.11. The van der Waals surface area contributed by atoms with Crippen LogP contribution in [0.1, 0.15) is 26.7 Å². The summed E-state index contributed by atoms with van der Waals surface area (Å²) in [6, 6.07) is 0. The highest BCUT2D eigenvalue weighted by Gasteiger charge is 2.07. The molecule has 0 aromatic carbocycles. The summed E-state index contributed by atoms with van der Waals surface area (Å²) >= 11 is 0. The Labute approximate surface area is 108 Å². The van der Waals surface area contributed by atoms with Crippen molar-refractivity contribution in [3.05, 3.63) is 0 Å². The first kappa shape index (κ1) is 16.7. The smallest absolute Gasteiger partial charge is 0.407 e. The molecule has 0 bridgehead atoms. The van der Waals surface area contributed by atoms with E-state index in [0.717, 1.165) is 12.8 Å². The third kappa shape index (κ3) is 11.2. The zero-order chi connectivity index (χ0) is 13.8. The Bertz CT molecular complexity index is 243. The van der Waals surface area contributed by atoms with Crippen molar-refractivity contribution in [3.8, 4) is 0 Å². The van der Waals surface area contributed by atoms with E-state index in [-0.39, 0.29) is 13.2 Å². The summed E-state index contributed by atoms with van der Waals surface area (Å²) < 4.78 is 14.3. The van der Waals surface area contributed by atoms with Crippen molar-refractivity contribution in [2.24, 2.45) is 5.92 Å². The highest BCUT2D eigenvalue weighted by Crippen LogP contribution is 2.02. The molecule has 0 aromatic rings. The van der Waals surface area contributed by atoms with Crippen molar-refractivity contribution in [2.75, 3.05) is 33.5 Å². The maximum atomic E-state index is 11.2. The Kier molecular flexibility index (Phi) is 10.0. The molecule has 0 saturated heterocycles. The van der Waals surface area contributed by atoms with Crippen LogP contribution in [0.2, 0.25) is 0 Å². The molecule has 0 aliphatic rings. The lowest BCUT2D eigenvalue weighted by Crippen LogP contribution is -2.31. The Hall–Kier alpha value is -1.30. The Morgan fingerprint density at radius 3 is 2.44 bits per heavy atom. The first-order valence-corrected chi connectivity index (χ1v) is 6.11. The lowest BCUT2D eigenvalue weighted by Gasteiger charge is -2.08. The van der Waals surface area contributed by atoms with Gasteiger partial charge in [-0.1, -0.05) is 13.8 Å². The van der Waals surface area contributed by atoms with Crippen LogP contribution in [0.25, 0.3) is 0 Å². The van der Waals surface area contributed by atoms with Crippen LogP contribution in [-0.2, 0) is 19.0 Å². The van der Waals surface area contributed by atoms with Gasteiger partial charge in [0.1, 0.15) is 13.2 Å². The molecule has 1 N–H and O–H groups in total. The Morgan fingerprint density at radius 1 is 1.11 bits per heavy atom. The first-order chi connectivity index (χ1) is 8.56. The summed E-state index contributed by atoms with van der Waals surface area (Å²) in [5.74, 6) is 0.139. The molecule has 18 heavy (non-hydrogen) atoms. The van der Waals surface area contributed by atoms with Crippen LogP contribution >= 0.6 is 0 Å². The Morgan fingerprint density at radius 2 is 1.83 bits per heavy atom. The molecule has 6 heteroatoms. The number of esters is 1. The number of hydrogen-bond acceptors (Lipinski definition) is 5. The minimum atomic E-state index is -0.647. The average Bonchev–Trinajstić information content (AvgIpc) is 2.32. The molecule has 0 radical (unpaired) electrons. The van der Waals surface area contributed by atoms with Gasteiger partial charge in [-0.15, -0.1) is 0 Å². The van der Waals surface area contributed by atoms with Gasteiger partial charge in [0.15, 0.2) is 0 Å². The quantitative estimate of drug-likeness (QED) is 0.501. The summed E-state index contributed by atoms with van der Waals surface area (Å²) in [6.07, 6.45) is 1.20. The van der Waals surface area contributed by atoms with Crippen molar-refractivity contribution in [2.45, 2.75) is 26.7 Å². The van der Waals surface area contributed by atoms with Crippen molar-refractivity contribution in [1.82, 2.24) is 5.32 Å². The van der Waals surface area contributed by atoms with Crippen LogP contribution in [0.3, 0.4) is 0 Å². The van der Waals surface area contributed by atoms with E-state index in [4.69, 9.17) is 14.2 Å². The SMILES string of the molecule is COCCOC(=O)NCC(=O)OCCCC(C)C. The number of ether oxygens (including phenoxy) is 3. The summed E-state index contributed by atoms with van der Waals surface area (Å²) in [4.78, 5) is 22.2. The largest absolute Gasteiger partial charge is 0.464 e. The van der Waals surface area contributed by atoms with Crippen LogP contribution in [-0.4, -0.2) is 45.5 Å². The van der Waals surface area contributed by atoms with Crippen LogP contribution in [0, 0.1) is 5.92 Å². The fraction of sp³-hybridized carbons (Fsp3) is 0.833. The van der Waals surface area contributed by atoms with Gasteiger partial charge >= 0.3 is 12.1 Å². The second-order valence-corrected chi connectivity index (χ2v) is 4.24. The molecular weight excluding hydrogens is 238 g/mol. The number of hydrogen-bond donors (Lipinski definition) is 1. The van der Waals surface area contributed by atoms with Gasteiger partial charge < -0.3 is 19.5 Å². The lowest BCUT2D eigenvalue weighted by atomic mass is 10.1. The number of methoxy groups -OCH3 is 1. The number of amides is 1. The van der Waals surface area contributed by atoms with Gasteiger partial charge in [0, 0.05) is 7.11 Å². The summed E-state index contributed by atoms with van der Waals surface area (Å²) in [5.41, 5.74) is 0. The Balaban J connectivity index is 3.43. The minimum Gasteiger partial charge on any atom is -0.464 e. The molecule has 0 aromatic heterocycles. The maximum absolute atomic E-state index is 11.2. The fourth-order valence-corrected chi connectivity index (χ4v) is 1.14. The molecule has 0 spiro atoms. The summed E-state index contributed by atoms with van der Waals surface area (Å²) in [5, 5.41) is 2.30. The van der Waals surface area contributed by atoms with Crippen LogP contribution in [0.5, 0.6) is 0 Å². The molecule has 6 nitrogen and oxygen atoms in total. The van der Waals surface area contributed by atoms with Crippen LogP contribution < -0.4 is 5.32 Å². The van der Waals surface area contributed by atoms with Crippen LogP contribution in [0.4, 0.5) is 4.79 Å². The standard InChI is InChI=1S/C12H23NO5/c1-10(2)5-4-6-17-11(14)9-13-12(15)18-8-7-16-3/h10H,4-9H2,1-3H3,(H,13,15). The molecular formula is C12H23NO5. The zero-order valence-electron chi connectivity index (χ0n) is 11.4. The predicted octanol–water partition coefficient (Wildman–Crippen LogP) is 1.34. The van der Waals surface area contributed by atoms with Crippen LogP contribution in [0.15, 0.2) is 0 Å². The molecule has 0 rings (SSSR count).